The molecule has 6 N–H and O–H groups in total. The fourth-order valence-corrected chi connectivity index (χ4v) is 8.13. The maximum absolute atomic E-state index is 13.0. The van der Waals surface area contributed by atoms with E-state index in [9.17, 15) is 38.2 Å². The van der Waals surface area contributed by atoms with E-state index in [0.717, 1.165) is 64.2 Å². The van der Waals surface area contributed by atoms with Crippen molar-refractivity contribution in [3.8, 4) is 0 Å². The van der Waals surface area contributed by atoms with Crippen molar-refractivity contribution in [3.05, 3.63) is 12.2 Å². The van der Waals surface area contributed by atoms with Crippen molar-refractivity contribution in [2.75, 3.05) is 13.2 Å². The molecule has 1 amide bonds. The van der Waals surface area contributed by atoms with E-state index in [4.69, 9.17) is 9.47 Å². The first kappa shape index (κ1) is 54.9. The number of rotatable bonds is 40. The van der Waals surface area contributed by atoms with Crippen LogP contribution in [0, 0.1) is 0 Å². The molecule has 344 valence electrons. The van der Waals surface area contributed by atoms with E-state index in [2.05, 4.69) is 35.5 Å². The zero-order valence-electron chi connectivity index (χ0n) is 36.6. The Kier molecular flexibility index (Phi) is 34.5. The van der Waals surface area contributed by atoms with Crippen LogP contribution in [0.25, 0.3) is 0 Å². The molecule has 1 saturated heterocycles. The van der Waals surface area contributed by atoms with Gasteiger partial charge in [0.25, 0.3) is 0 Å². The van der Waals surface area contributed by atoms with E-state index in [1.165, 1.54) is 116 Å². The Labute approximate surface area is 353 Å². The lowest BCUT2D eigenvalue weighted by Gasteiger charge is -2.41. The highest BCUT2D eigenvalue weighted by molar-refractivity contribution is 7.80. The standard InChI is InChI=1S/C45H87NO11S/c1-3-5-7-9-11-13-15-16-17-18-19-20-21-22-23-25-26-28-30-32-34-39(48)38(46-41(49)35-33-31-29-27-24-14-12-10-8-6-4-2)37-55-45-43(51)44(57-58(52,53)54)42(50)40(36-47)56-45/h10,12,38-40,42-45,47-48,50-51H,3-9,11,13-37H2,1-2H3,(H,46,49)(H,52,53,54)/b12-10-. The summed E-state index contributed by atoms with van der Waals surface area (Å²) in [6.07, 6.45) is 30.8. The molecule has 1 aliphatic rings. The van der Waals surface area contributed by atoms with E-state index < -0.39 is 59.9 Å². The molecule has 0 radical (unpaired) electrons. The molecule has 12 nitrogen and oxygen atoms in total. The van der Waals surface area contributed by atoms with Gasteiger partial charge in [0.05, 0.1) is 25.4 Å². The van der Waals surface area contributed by atoms with Gasteiger partial charge in [-0.15, -0.1) is 0 Å². The molecule has 0 spiro atoms. The van der Waals surface area contributed by atoms with Crippen LogP contribution in [0.4, 0.5) is 0 Å². The van der Waals surface area contributed by atoms with Gasteiger partial charge in [0.15, 0.2) is 6.29 Å². The van der Waals surface area contributed by atoms with Gasteiger partial charge in [0, 0.05) is 6.42 Å². The molecular formula is C45H87NO11S. The number of amides is 1. The number of nitrogens with one attached hydrogen (secondary N) is 1. The Morgan fingerprint density at radius 1 is 0.672 bits per heavy atom. The molecular weight excluding hydrogens is 763 g/mol. The van der Waals surface area contributed by atoms with Gasteiger partial charge < -0.3 is 35.2 Å². The Morgan fingerprint density at radius 3 is 1.60 bits per heavy atom. The van der Waals surface area contributed by atoms with Gasteiger partial charge in [-0.2, -0.15) is 8.42 Å². The highest BCUT2D eigenvalue weighted by Crippen LogP contribution is 2.26. The van der Waals surface area contributed by atoms with Gasteiger partial charge in [-0.3, -0.25) is 9.35 Å². The highest BCUT2D eigenvalue weighted by Gasteiger charge is 2.48. The normalized spacial score (nSPS) is 21.1. The maximum Gasteiger partial charge on any atom is 0.397 e. The Bertz CT molecular complexity index is 1090. The third kappa shape index (κ3) is 29.2. The Morgan fingerprint density at radius 2 is 1.12 bits per heavy atom. The van der Waals surface area contributed by atoms with Crippen molar-refractivity contribution in [3.63, 3.8) is 0 Å². The van der Waals surface area contributed by atoms with Crippen molar-refractivity contribution < 1.29 is 51.8 Å². The summed E-state index contributed by atoms with van der Waals surface area (Å²) < 4.78 is 47.6. The Balaban J connectivity index is 2.44. The summed E-state index contributed by atoms with van der Waals surface area (Å²) in [6.45, 7) is 3.41. The van der Waals surface area contributed by atoms with Crippen LogP contribution in [0.1, 0.15) is 213 Å². The summed E-state index contributed by atoms with van der Waals surface area (Å²) >= 11 is 0. The fraction of sp³-hybridized carbons (Fsp3) is 0.933. The molecule has 58 heavy (non-hydrogen) atoms. The number of hydrogen-bond acceptors (Lipinski definition) is 10. The number of carbonyl (C=O) groups is 1. The molecule has 0 saturated carbocycles. The second kappa shape index (κ2) is 36.5. The number of carbonyl (C=O) groups excluding carboxylic acids is 1. The predicted molar refractivity (Wildman–Crippen MR) is 232 cm³/mol. The van der Waals surface area contributed by atoms with E-state index in [-0.39, 0.29) is 18.9 Å². The van der Waals surface area contributed by atoms with Crippen LogP contribution in [0.5, 0.6) is 0 Å². The molecule has 0 aromatic carbocycles. The molecule has 7 atom stereocenters. The molecule has 13 heteroatoms. The summed E-state index contributed by atoms with van der Waals surface area (Å²) in [5, 5.41) is 44.8. The first-order valence-corrected chi connectivity index (χ1v) is 24.9. The number of hydrogen-bond donors (Lipinski definition) is 6. The van der Waals surface area contributed by atoms with Crippen LogP contribution < -0.4 is 5.32 Å². The number of aliphatic hydroxyl groups is 4. The third-order valence-electron chi connectivity index (χ3n) is 11.3. The van der Waals surface area contributed by atoms with Crippen molar-refractivity contribution in [1.82, 2.24) is 5.32 Å². The third-order valence-corrected chi connectivity index (χ3v) is 11.8. The molecule has 0 aromatic rings. The van der Waals surface area contributed by atoms with Gasteiger partial charge in [-0.25, -0.2) is 4.18 Å². The van der Waals surface area contributed by atoms with Gasteiger partial charge in [0.2, 0.25) is 5.91 Å². The quantitative estimate of drug-likeness (QED) is 0.0196. The van der Waals surface area contributed by atoms with Crippen molar-refractivity contribution >= 4 is 16.3 Å². The number of unbranched alkanes of at least 4 members (excludes halogenated alkanes) is 26. The average molecular weight is 850 g/mol. The largest absolute Gasteiger partial charge is 0.397 e. The number of aliphatic hydroxyl groups excluding tert-OH is 4. The lowest BCUT2D eigenvalue weighted by atomic mass is 9.99. The lowest BCUT2D eigenvalue weighted by Crippen LogP contribution is -2.61. The van der Waals surface area contributed by atoms with Crippen molar-refractivity contribution in [2.45, 2.75) is 256 Å². The van der Waals surface area contributed by atoms with E-state index >= 15 is 0 Å². The van der Waals surface area contributed by atoms with Crippen LogP contribution in [0.3, 0.4) is 0 Å². The number of allylic oxidation sites excluding steroid dienone is 2. The first-order chi connectivity index (χ1) is 28.0. The van der Waals surface area contributed by atoms with Gasteiger partial charge in [0.1, 0.15) is 24.4 Å². The SMILES string of the molecule is CCCC/C=C\CCCCCCCC(=O)NC(COC1OC(CO)C(O)C(OS(=O)(=O)O)C1O)C(O)CCCCCCCCCCCCCCCCCCCCCC. The molecule has 1 rings (SSSR count). The average Bonchev–Trinajstić information content (AvgIpc) is 3.19. The van der Waals surface area contributed by atoms with Crippen LogP contribution in [-0.2, 0) is 28.9 Å². The van der Waals surface area contributed by atoms with Crippen LogP contribution in [0.15, 0.2) is 12.2 Å². The molecule has 1 aliphatic heterocycles. The minimum absolute atomic E-state index is 0.239. The minimum Gasteiger partial charge on any atom is -0.394 e. The topological polar surface area (TPSA) is 192 Å². The number of ether oxygens (including phenoxy) is 2. The smallest absolute Gasteiger partial charge is 0.394 e. The monoisotopic (exact) mass is 850 g/mol. The Hall–Kier alpha value is -1.16. The van der Waals surface area contributed by atoms with Crippen LogP contribution in [0.2, 0.25) is 0 Å². The second-order valence-electron chi connectivity index (χ2n) is 16.7. The molecule has 0 aliphatic carbocycles. The molecule has 1 fully saturated rings. The zero-order valence-corrected chi connectivity index (χ0v) is 37.4. The van der Waals surface area contributed by atoms with Gasteiger partial charge in [-0.05, 0) is 32.1 Å². The molecule has 0 bridgehead atoms. The first-order valence-electron chi connectivity index (χ1n) is 23.6. The minimum atomic E-state index is -5.07. The zero-order chi connectivity index (χ0) is 42.7. The predicted octanol–water partition coefficient (Wildman–Crippen LogP) is 9.16. The fourth-order valence-electron chi connectivity index (χ4n) is 7.62. The maximum atomic E-state index is 13.0. The van der Waals surface area contributed by atoms with Crippen molar-refractivity contribution in [1.29, 1.82) is 0 Å². The summed E-state index contributed by atoms with van der Waals surface area (Å²) in [5.74, 6) is -0.239. The molecule has 1 heterocycles. The molecule has 0 aromatic heterocycles. The second-order valence-corrected chi connectivity index (χ2v) is 17.7. The van der Waals surface area contributed by atoms with E-state index in [1.807, 2.05) is 0 Å². The molecule has 7 unspecified atom stereocenters. The summed E-state index contributed by atoms with van der Waals surface area (Å²) in [4.78, 5) is 13.0. The summed E-state index contributed by atoms with van der Waals surface area (Å²) in [7, 11) is -5.07. The summed E-state index contributed by atoms with van der Waals surface area (Å²) in [5.41, 5.74) is 0. The van der Waals surface area contributed by atoms with Crippen LogP contribution in [-0.4, -0.2) is 95.4 Å². The van der Waals surface area contributed by atoms with Crippen molar-refractivity contribution in [2.24, 2.45) is 0 Å². The van der Waals surface area contributed by atoms with Crippen LogP contribution >= 0.6 is 0 Å². The van der Waals surface area contributed by atoms with Gasteiger partial charge >= 0.3 is 10.4 Å². The van der Waals surface area contributed by atoms with E-state index in [0.29, 0.717) is 12.8 Å². The summed E-state index contributed by atoms with van der Waals surface area (Å²) in [6, 6.07) is -0.858. The van der Waals surface area contributed by atoms with Gasteiger partial charge in [-0.1, -0.05) is 187 Å². The van der Waals surface area contributed by atoms with E-state index in [1.54, 1.807) is 0 Å². The lowest BCUT2D eigenvalue weighted by molar-refractivity contribution is -0.298. The highest BCUT2D eigenvalue weighted by atomic mass is 32.3.